The molecule has 0 aliphatic carbocycles. The minimum Gasteiger partial charge on any atom is -0.345 e. The quantitative estimate of drug-likeness (QED) is 0.658. The highest BCUT2D eigenvalue weighted by molar-refractivity contribution is 5.97. The number of Topliss-reactive ketones (excluding diaryl/α,β-unsaturated/α-hetero) is 1. The minimum absolute atomic E-state index is 0.0469. The number of likely N-dealkylation sites (tertiary alicyclic amines) is 1. The Morgan fingerprint density at radius 2 is 1.83 bits per heavy atom. The Bertz CT molecular complexity index is 1190. The zero-order chi connectivity index (χ0) is 21.3. The molecule has 1 N–H and O–H groups in total. The van der Waals surface area contributed by atoms with Gasteiger partial charge in [0, 0.05) is 47.6 Å². The lowest BCUT2D eigenvalue weighted by Gasteiger charge is -2.31. The first kappa shape index (κ1) is 20.2. The average Bonchev–Trinajstić information content (AvgIpc) is 2.74. The molecule has 2 aromatic heterocycles. The average molecular weight is 409 g/mol. The van der Waals surface area contributed by atoms with Gasteiger partial charge in [-0.3, -0.25) is 18.8 Å². The number of benzene rings is 1. The van der Waals surface area contributed by atoms with E-state index in [-0.39, 0.29) is 28.5 Å². The second-order valence-corrected chi connectivity index (χ2v) is 7.89. The number of carbonyl (C=O) groups is 1. The van der Waals surface area contributed by atoms with E-state index in [1.165, 1.54) is 34.9 Å². The number of nitrogens with one attached hydrogen (secondary N) is 1. The Labute approximate surface area is 173 Å². The van der Waals surface area contributed by atoms with Gasteiger partial charge in [-0.2, -0.15) is 0 Å². The van der Waals surface area contributed by atoms with Crippen molar-refractivity contribution in [3.63, 3.8) is 0 Å². The Balaban J connectivity index is 1.39. The van der Waals surface area contributed by atoms with Gasteiger partial charge >= 0.3 is 0 Å². The number of pyridine rings is 1. The van der Waals surface area contributed by atoms with Gasteiger partial charge in [0.25, 0.3) is 5.56 Å². The fraction of sp³-hybridized carbons (Fsp3) is 0.348. The Kier molecular flexibility index (Phi) is 5.63. The number of fused-ring (bicyclic) bond motifs is 1. The molecule has 3 aromatic rings. The SMILES string of the molecule is Cc1[nH]c2cc(=O)ccn2c(=O)c1CCN1CCC(C(=O)c2ccc(F)cc2)CC1. The minimum atomic E-state index is -0.341. The number of hydrogen-bond donors (Lipinski definition) is 1. The van der Waals surface area contributed by atoms with Crippen molar-refractivity contribution in [2.24, 2.45) is 5.92 Å². The van der Waals surface area contributed by atoms with Gasteiger partial charge in [-0.05, 0) is 63.5 Å². The summed E-state index contributed by atoms with van der Waals surface area (Å²) < 4.78 is 14.5. The molecule has 1 fully saturated rings. The summed E-state index contributed by atoms with van der Waals surface area (Å²) in [7, 11) is 0. The fourth-order valence-corrected chi connectivity index (χ4v) is 4.16. The maximum atomic E-state index is 13.1. The summed E-state index contributed by atoms with van der Waals surface area (Å²) >= 11 is 0. The number of ketones is 1. The second kappa shape index (κ2) is 8.36. The number of carbonyl (C=O) groups excluding carboxylic acids is 1. The largest absolute Gasteiger partial charge is 0.345 e. The molecule has 0 atom stereocenters. The lowest BCUT2D eigenvalue weighted by Crippen LogP contribution is -2.38. The van der Waals surface area contributed by atoms with Crippen molar-refractivity contribution in [2.75, 3.05) is 19.6 Å². The second-order valence-electron chi connectivity index (χ2n) is 7.89. The molecule has 0 amide bonds. The van der Waals surface area contributed by atoms with Gasteiger partial charge in [0.05, 0.1) is 0 Å². The molecule has 0 unspecified atom stereocenters. The summed E-state index contributed by atoms with van der Waals surface area (Å²) in [6, 6.07) is 8.53. The monoisotopic (exact) mass is 409 g/mol. The van der Waals surface area contributed by atoms with Crippen LogP contribution in [0.25, 0.3) is 5.65 Å². The van der Waals surface area contributed by atoms with Crippen LogP contribution in [0.15, 0.2) is 52.2 Å². The molecule has 1 aliphatic rings. The van der Waals surface area contributed by atoms with Gasteiger partial charge in [-0.15, -0.1) is 0 Å². The number of nitrogens with zero attached hydrogens (tertiary/aromatic N) is 2. The van der Waals surface area contributed by atoms with E-state index in [9.17, 15) is 18.8 Å². The van der Waals surface area contributed by atoms with Crippen LogP contribution in [0.4, 0.5) is 4.39 Å². The highest BCUT2D eigenvalue weighted by Crippen LogP contribution is 2.22. The van der Waals surface area contributed by atoms with E-state index < -0.39 is 0 Å². The first-order valence-electron chi connectivity index (χ1n) is 10.2. The van der Waals surface area contributed by atoms with Gasteiger partial charge < -0.3 is 9.88 Å². The van der Waals surface area contributed by atoms with Gasteiger partial charge in [0.2, 0.25) is 0 Å². The maximum absolute atomic E-state index is 13.1. The topological polar surface area (TPSA) is 74.7 Å². The van der Waals surface area contributed by atoms with Gasteiger partial charge in [0.15, 0.2) is 11.2 Å². The molecule has 156 valence electrons. The van der Waals surface area contributed by atoms with E-state index in [4.69, 9.17) is 0 Å². The van der Waals surface area contributed by atoms with Crippen LogP contribution in [-0.4, -0.2) is 39.7 Å². The van der Waals surface area contributed by atoms with Crippen LogP contribution >= 0.6 is 0 Å². The molecule has 6 nitrogen and oxygen atoms in total. The van der Waals surface area contributed by atoms with Crippen molar-refractivity contribution in [1.82, 2.24) is 14.3 Å². The Hall–Kier alpha value is -3.06. The van der Waals surface area contributed by atoms with E-state index >= 15 is 0 Å². The number of rotatable bonds is 5. The molecular weight excluding hydrogens is 385 g/mol. The van der Waals surface area contributed by atoms with Crippen LogP contribution in [0, 0.1) is 18.7 Å². The predicted molar refractivity (Wildman–Crippen MR) is 113 cm³/mol. The van der Waals surface area contributed by atoms with Crippen molar-refractivity contribution in [1.29, 1.82) is 0 Å². The van der Waals surface area contributed by atoms with E-state index in [1.54, 1.807) is 12.1 Å². The molecule has 1 aliphatic heterocycles. The van der Waals surface area contributed by atoms with Crippen molar-refractivity contribution in [3.05, 3.63) is 85.8 Å². The molecule has 7 heteroatoms. The van der Waals surface area contributed by atoms with Crippen molar-refractivity contribution >= 4 is 11.4 Å². The highest BCUT2D eigenvalue weighted by atomic mass is 19.1. The van der Waals surface area contributed by atoms with Crippen molar-refractivity contribution in [2.45, 2.75) is 26.2 Å². The third kappa shape index (κ3) is 4.11. The first-order chi connectivity index (χ1) is 14.4. The molecule has 0 spiro atoms. The smallest absolute Gasteiger partial charge is 0.261 e. The lowest BCUT2D eigenvalue weighted by molar-refractivity contribution is 0.0841. The number of aromatic amines is 1. The molecule has 3 heterocycles. The fourth-order valence-electron chi connectivity index (χ4n) is 4.16. The summed E-state index contributed by atoms with van der Waals surface area (Å²) in [5.41, 5.74) is 2.28. The summed E-state index contributed by atoms with van der Waals surface area (Å²) in [6.07, 6.45) is 3.61. The number of hydrogen-bond acceptors (Lipinski definition) is 4. The van der Waals surface area contributed by atoms with Crippen LogP contribution < -0.4 is 11.0 Å². The summed E-state index contributed by atoms with van der Waals surface area (Å²) in [5, 5.41) is 0. The zero-order valence-corrected chi connectivity index (χ0v) is 16.9. The zero-order valence-electron chi connectivity index (χ0n) is 16.9. The van der Waals surface area contributed by atoms with Crippen molar-refractivity contribution < 1.29 is 9.18 Å². The van der Waals surface area contributed by atoms with E-state index in [0.717, 1.165) is 38.2 Å². The number of piperidine rings is 1. The third-order valence-corrected chi connectivity index (χ3v) is 5.94. The normalized spacial score (nSPS) is 15.5. The molecule has 1 saturated heterocycles. The highest BCUT2D eigenvalue weighted by Gasteiger charge is 2.26. The molecule has 0 saturated carbocycles. The maximum Gasteiger partial charge on any atom is 0.261 e. The number of H-pyrrole nitrogens is 1. The number of aryl methyl sites for hydroxylation is 1. The molecular formula is C23H24FN3O3. The summed E-state index contributed by atoms with van der Waals surface area (Å²) in [6.45, 7) is 4.15. The van der Waals surface area contributed by atoms with E-state index in [2.05, 4.69) is 9.88 Å². The molecule has 30 heavy (non-hydrogen) atoms. The molecule has 1 aromatic carbocycles. The number of halogens is 1. The third-order valence-electron chi connectivity index (χ3n) is 5.94. The standard InChI is InChI=1S/C23H24FN3O3/c1-15-20(23(30)27-13-8-19(28)14-21(27)25-15)9-12-26-10-6-17(7-11-26)22(29)16-2-4-18(24)5-3-16/h2-5,8,13-14,17,25H,6-7,9-12H2,1H3. The summed E-state index contributed by atoms with van der Waals surface area (Å²) in [4.78, 5) is 42.4. The predicted octanol–water partition coefficient (Wildman–Crippen LogP) is 2.57. The van der Waals surface area contributed by atoms with Gasteiger partial charge in [-0.1, -0.05) is 0 Å². The van der Waals surface area contributed by atoms with Crippen LogP contribution in [0.5, 0.6) is 0 Å². The van der Waals surface area contributed by atoms with E-state index in [1.807, 2.05) is 6.92 Å². The van der Waals surface area contributed by atoms with Crippen LogP contribution in [-0.2, 0) is 6.42 Å². The molecule has 0 radical (unpaired) electrons. The summed E-state index contributed by atoms with van der Waals surface area (Å²) in [5.74, 6) is -0.313. The number of aromatic nitrogens is 2. The van der Waals surface area contributed by atoms with Crippen molar-refractivity contribution in [3.8, 4) is 0 Å². The first-order valence-corrected chi connectivity index (χ1v) is 10.2. The van der Waals surface area contributed by atoms with Crippen LogP contribution in [0.3, 0.4) is 0 Å². The Morgan fingerprint density at radius 1 is 1.13 bits per heavy atom. The lowest BCUT2D eigenvalue weighted by atomic mass is 9.89. The van der Waals surface area contributed by atoms with Gasteiger partial charge in [0.1, 0.15) is 11.5 Å². The van der Waals surface area contributed by atoms with Gasteiger partial charge in [-0.25, -0.2) is 4.39 Å². The van der Waals surface area contributed by atoms with Crippen LogP contribution in [0.1, 0.15) is 34.5 Å². The van der Waals surface area contributed by atoms with E-state index in [0.29, 0.717) is 23.2 Å². The molecule has 4 rings (SSSR count). The van der Waals surface area contributed by atoms with Crippen LogP contribution in [0.2, 0.25) is 0 Å². The Morgan fingerprint density at radius 3 is 2.53 bits per heavy atom. The molecule has 0 bridgehead atoms.